The van der Waals surface area contributed by atoms with E-state index in [0.29, 0.717) is 11.3 Å². The van der Waals surface area contributed by atoms with E-state index in [1.165, 1.54) is 0 Å². The van der Waals surface area contributed by atoms with Gasteiger partial charge in [-0.05, 0) is 39.0 Å². The molecule has 0 atom stereocenters. The number of ketones is 1. The van der Waals surface area contributed by atoms with Crippen molar-refractivity contribution in [1.82, 2.24) is 15.2 Å². The molecule has 6 nitrogen and oxygen atoms in total. The largest absolute Gasteiger partial charge is 0.370 e. The van der Waals surface area contributed by atoms with E-state index in [1.807, 2.05) is 33.1 Å². The van der Waals surface area contributed by atoms with Gasteiger partial charge in [0, 0.05) is 35.9 Å². The van der Waals surface area contributed by atoms with Gasteiger partial charge in [0.1, 0.15) is 0 Å². The van der Waals surface area contributed by atoms with Crippen molar-refractivity contribution in [2.45, 2.75) is 34.6 Å². The zero-order valence-corrected chi connectivity index (χ0v) is 17.8. The lowest BCUT2D eigenvalue weighted by atomic mass is 10.1. The van der Waals surface area contributed by atoms with E-state index in [0.717, 1.165) is 41.1 Å². The van der Waals surface area contributed by atoms with Gasteiger partial charge in [0.25, 0.3) is 0 Å². The van der Waals surface area contributed by atoms with Crippen molar-refractivity contribution in [3.05, 3.63) is 41.3 Å². The average molecular weight is 388 g/mol. The summed E-state index contributed by atoms with van der Waals surface area (Å²) >= 11 is 1.56. The van der Waals surface area contributed by atoms with Crippen LogP contribution in [0.4, 0.5) is 11.4 Å². The zero-order valence-electron chi connectivity index (χ0n) is 16.9. The normalized spacial score (nSPS) is 10.4. The first-order valence-electron chi connectivity index (χ1n) is 9.34. The van der Waals surface area contributed by atoms with Gasteiger partial charge >= 0.3 is 0 Å². The van der Waals surface area contributed by atoms with Crippen molar-refractivity contribution in [3.8, 4) is 0 Å². The molecule has 2 aromatic heterocycles. The van der Waals surface area contributed by atoms with Crippen LogP contribution in [-0.4, -0.2) is 40.3 Å². The molecule has 0 amide bonds. The Morgan fingerprint density at radius 2 is 1.93 bits per heavy atom. The van der Waals surface area contributed by atoms with Crippen molar-refractivity contribution >= 4 is 40.0 Å². The highest BCUT2D eigenvalue weighted by molar-refractivity contribution is 7.99. The number of aromatic amines is 2. The van der Waals surface area contributed by atoms with Gasteiger partial charge in [-0.2, -0.15) is 5.10 Å². The molecule has 3 rings (SSSR count). The van der Waals surface area contributed by atoms with Crippen LogP contribution in [0.1, 0.15) is 49.4 Å². The van der Waals surface area contributed by atoms with E-state index in [1.54, 1.807) is 18.1 Å². The Kier molecular flexibility index (Phi) is 7.36. The number of nitrogens with one attached hydrogen (secondary N) is 3. The number of aromatic nitrogens is 3. The fourth-order valence-electron chi connectivity index (χ4n) is 3.03. The number of aryl methyl sites for hydroxylation is 1. The third-order valence-corrected chi connectivity index (χ3v) is 4.80. The predicted octanol–water partition coefficient (Wildman–Crippen LogP) is 4.99. The van der Waals surface area contributed by atoms with Gasteiger partial charge < -0.3 is 14.6 Å². The quantitative estimate of drug-likeness (QED) is 0.393. The zero-order chi connectivity index (χ0) is 20.0. The number of rotatable bonds is 7. The van der Waals surface area contributed by atoms with Crippen LogP contribution in [-0.2, 0) is 0 Å². The monoisotopic (exact) mass is 387 g/mol. The van der Waals surface area contributed by atoms with Crippen LogP contribution in [0.3, 0.4) is 0 Å². The molecule has 0 saturated carbocycles. The summed E-state index contributed by atoms with van der Waals surface area (Å²) in [7, 11) is 0. The SMILES string of the molecule is CC.CCN(CC)c1cc2cc(C(=O)c3cn[nH]c3C)[nH]c2cc1NSC. The van der Waals surface area contributed by atoms with Gasteiger partial charge in [-0.1, -0.05) is 25.8 Å². The van der Waals surface area contributed by atoms with E-state index in [2.05, 4.69) is 50.8 Å². The van der Waals surface area contributed by atoms with Gasteiger partial charge in [-0.3, -0.25) is 9.89 Å². The third-order valence-electron chi connectivity index (χ3n) is 4.37. The number of hydrogen-bond donors (Lipinski definition) is 3. The Balaban J connectivity index is 0.00000126. The Bertz CT molecular complexity index is 895. The number of H-pyrrole nitrogens is 2. The molecule has 3 aromatic rings. The lowest BCUT2D eigenvalue weighted by Crippen LogP contribution is -2.22. The summed E-state index contributed by atoms with van der Waals surface area (Å²) in [6, 6.07) is 6.12. The van der Waals surface area contributed by atoms with Crippen molar-refractivity contribution in [2.75, 3.05) is 29.0 Å². The molecule has 0 fully saturated rings. The van der Waals surface area contributed by atoms with Crippen molar-refractivity contribution in [2.24, 2.45) is 0 Å². The number of nitrogens with zero attached hydrogens (tertiary/aromatic N) is 2. The van der Waals surface area contributed by atoms with E-state index < -0.39 is 0 Å². The Labute approximate surface area is 165 Å². The first-order chi connectivity index (χ1) is 13.1. The summed E-state index contributed by atoms with van der Waals surface area (Å²) in [5.41, 5.74) is 5.08. The minimum atomic E-state index is -0.0498. The summed E-state index contributed by atoms with van der Waals surface area (Å²) in [4.78, 5) is 18.3. The van der Waals surface area contributed by atoms with Gasteiger partial charge in [0.05, 0.1) is 28.8 Å². The van der Waals surface area contributed by atoms with Crippen LogP contribution >= 0.6 is 11.9 Å². The molecule has 0 aliphatic rings. The molecular formula is C20H29N5OS. The summed E-state index contributed by atoms with van der Waals surface area (Å²) < 4.78 is 3.35. The summed E-state index contributed by atoms with van der Waals surface area (Å²) in [5, 5.41) is 7.78. The second-order valence-electron chi connectivity index (χ2n) is 5.86. The standard InChI is InChI=1S/C18H23N5OS.C2H6/c1-5-23(6-2)17-8-12-7-16(18(24)13-10-19-21-11(13)3)20-14(12)9-15(17)22-25-4;1-2/h7-10,20,22H,5-6H2,1-4H3,(H,19,21);1-2H3. The summed E-state index contributed by atoms with van der Waals surface area (Å²) in [6.07, 6.45) is 3.58. The molecule has 0 bridgehead atoms. The fraction of sp³-hybridized carbons (Fsp3) is 0.400. The van der Waals surface area contributed by atoms with Crippen LogP contribution in [0.25, 0.3) is 10.9 Å². The number of anilines is 2. The van der Waals surface area contributed by atoms with Crippen LogP contribution < -0.4 is 9.62 Å². The second kappa shape index (κ2) is 9.50. The molecule has 0 aliphatic carbocycles. The minimum Gasteiger partial charge on any atom is -0.370 e. The topological polar surface area (TPSA) is 76.8 Å². The van der Waals surface area contributed by atoms with Crippen molar-refractivity contribution < 1.29 is 4.79 Å². The highest BCUT2D eigenvalue weighted by Crippen LogP contribution is 2.33. The predicted molar refractivity (Wildman–Crippen MR) is 117 cm³/mol. The number of fused-ring (bicyclic) bond motifs is 1. The lowest BCUT2D eigenvalue weighted by molar-refractivity contribution is 0.103. The molecule has 3 N–H and O–H groups in total. The van der Waals surface area contributed by atoms with Crippen LogP contribution in [0.2, 0.25) is 0 Å². The van der Waals surface area contributed by atoms with Gasteiger partial charge in [-0.15, -0.1) is 0 Å². The number of carbonyl (C=O) groups excluding carboxylic acids is 1. The molecule has 0 saturated heterocycles. The summed E-state index contributed by atoms with van der Waals surface area (Å²) in [6.45, 7) is 12.0. The number of hydrogen-bond acceptors (Lipinski definition) is 5. The molecule has 0 radical (unpaired) electrons. The Morgan fingerprint density at radius 1 is 1.22 bits per heavy atom. The molecule has 7 heteroatoms. The maximum Gasteiger partial charge on any atom is 0.212 e. The maximum absolute atomic E-state index is 12.7. The number of benzene rings is 1. The highest BCUT2D eigenvalue weighted by Gasteiger charge is 2.17. The molecule has 0 unspecified atom stereocenters. The summed E-state index contributed by atoms with van der Waals surface area (Å²) in [5.74, 6) is -0.0498. The Morgan fingerprint density at radius 3 is 2.48 bits per heavy atom. The van der Waals surface area contributed by atoms with E-state index in [4.69, 9.17) is 0 Å². The third kappa shape index (κ3) is 4.30. The molecule has 0 spiro atoms. The van der Waals surface area contributed by atoms with E-state index in [9.17, 15) is 4.79 Å². The van der Waals surface area contributed by atoms with Gasteiger partial charge in [-0.25, -0.2) is 0 Å². The smallest absolute Gasteiger partial charge is 0.212 e. The molecule has 0 aliphatic heterocycles. The molecule has 146 valence electrons. The Hall–Kier alpha value is -2.41. The number of carbonyl (C=O) groups is 1. The first kappa shape index (κ1) is 20.9. The second-order valence-corrected chi connectivity index (χ2v) is 6.47. The van der Waals surface area contributed by atoms with Crippen LogP contribution in [0.15, 0.2) is 24.4 Å². The molecule has 1 aromatic carbocycles. The minimum absolute atomic E-state index is 0.0498. The van der Waals surface area contributed by atoms with Crippen LogP contribution in [0.5, 0.6) is 0 Å². The lowest BCUT2D eigenvalue weighted by Gasteiger charge is -2.24. The highest BCUT2D eigenvalue weighted by atomic mass is 32.2. The van der Waals surface area contributed by atoms with Crippen molar-refractivity contribution in [3.63, 3.8) is 0 Å². The van der Waals surface area contributed by atoms with Gasteiger partial charge in [0.15, 0.2) is 0 Å². The molecule has 2 heterocycles. The van der Waals surface area contributed by atoms with E-state index >= 15 is 0 Å². The molecular weight excluding hydrogens is 358 g/mol. The van der Waals surface area contributed by atoms with Crippen molar-refractivity contribution in [1.29, 1.82) is 0 Å². The maximum atomic E-state index is 12.7. The first-order valence-corrected chi connectivity index (χ1v) is 10.6. The van der Waals surface area contributed by atoms with Gasteiger partial charge in [0.2, 0.25) is 5.78 Å². The average Bonchev–Trinajstić information content (AvgIpc) is 3.30. The fourth-order valence-corrected chi connectivity index (χ4v) is 3.42. The van der Waals surface area contributed by atoms with Crippen LogP contribution in [0, 0.1) is 6.92 Å². The molecule has 27 heavy (non-hydrogen) atoms. The van der Waals surface area contributed by atoms with E-state index in [-0.39, 0.29) is 5.78 Å².